The Morgan fingerprint density at radius 1 is 1.04 bits per heavy atom. The van der Waals surface area contributed by atoms with Gasteiger partial charge in [0.05, 0.1) is 15.9 Å². The number of rotatable bonds is 5. The molecular formula is C15H28N2O6S2. The average Bonchev–Trinajstić information content (AvgIpc) is 2.48. The van der Waals surface area contributed by atoms with E-state index in [1.165, 1.54) is 0 Å². The first-order chi connectivity index (χ1) is 11.5. The van der Waals surface area contributed by atoms with Gasteiger partial charge >= 0.3 is 0 Å². The third-order valence-electron chi connectivity index (χ3n) is 1.75. The Morgan fingerprint density at radius 3 is 1.56 bits per heavy atom. The van der Waals surface area contributed by atoms with Gasteiger partial charge in [0.25, 0.3) is 10.1 Å². The average molecular weight is 397 g/mol. The molecule has 2 N–H and O–H groups in total. The summed E-state index contributed by atoms with van der Waals surface area (Å²) in [6, 6.07) is 5.89. The number of hydrogen-bond donors (Lipinski definition) is 2. The van der Waals surface area contributed by atoms with Gasteiger partial charge in [-0.1, -0.05) is 19.9 Å². The molecule has 2 radical (unpaired) electrons. The third-order valence-corrected chi connectivity index (χ3v) is 3.34. The lowest BCUT2D eigenvalue weighted by atomic mass is 10.5. The predicted molar refractivity (Wildman–Crippen MR) is 98.9 cm³/mol. The summed E-state index contributed by atoms with van der Waals surface area (Å²) in [5.41, 5.74) is 0. The molecule has 0 unspecified atom stereocenters. The second-order valence-electron chi connectivity index (χ2n) is 4.26. The molecule has 10 heteroatoms. The fourth-order valence-electron chi connectivity index (χ4n) is 0.893. The molecule has 0 spiro atoms. The van der Waals surface area contributed by atoms with Crippen molar-refractivity contribution in [3.63, 3.8) is 0 Å². The van der Waals surface area contributed by atoms with Crippen molar-refractivity contribution in [2.24, 2.45) is 0 Å². The standard InChI is InChI=1S/C7H8N.2C3H7O3S.C2H7N/c1-2-8-6-4-3-5-7-8;2*1-2-3-7(4,5)6;1-3-2/h2-7H,1H2;2*1-3H2,(H,4,5,6);3H,1-2H3/q+1;;;/p-1. The lowest BCUT2D eigenvalue weighted by Gasteiger charge is -2.00. The Balaban J connectivity index is -0.000000270. The van der Waals surface area contributed by atoms with Crippen molar-refractivity contribution in [2.45, 2.75) is 12.8 Å². The molecule has 0 aliphatic rings. The molecular weight excluding hydrogens is 368 g/mol. The van der Waals surface area contributed by atoms with Crippen LogP contribution in [0, 0.1) is 13.8 Å². The zero-order chi connectivity index (χ0) is 20.4. The normalized spacial score (nSPS) is 10.0. The van der Waals surface area contributed by atoms with Crippen LogP contribution in [-0.2, 0) is 20.2 Å². The molecule has 1 heterocycles. The first-order valence-electron chi connectivity index (χ1n) is 7.11. The van der Waals surface area contributed by atoms with Crippen LogP contribution in [-0.4, -0.2) is 51.5 Å². The van der Waals surface area contributed by atoms with Gasteiger partial charge in [0.2, 0.25) is 0 Å². The van der Waals surface area contributed by atoms with Gasteiger partial charge in [0.1, 0.15) is 0 Å². The van der Waals surface area contributed by atoms with E-state index in [9.17, 15) is 21.4 Å². The van der Waals surface area contributed by atoms with Crippen molar-refractivity contribution in [1.82, 2.24) is 5.32 Å². The fourth-order valence-corrected chi connectivity index (χ4v) is 1.61. The molecule has 0 aromatic carbocycles. The summed E-state index contributed by atoms with van der Waals surface area (Å²) < 4.78 is 58.2. The quantitative estimate of drug-likeness (QED) is 0.555. The van der Waals surface area contributed by atoms with Crippen molar-refractivity contribution in [1.29, 1.82) is 0 Å². The Kier molecular flexibility index (Phi) is 19.9. The molecule has 0 aliphatic heterocycles. The molecule has 1 aromatic rings. The summed E-state index contributed by atoms with van der Waals surface area (Å²) in [6.45, 7) is 10.0. The van der Waals surface area contributed by atoms with Crippen LogP contribution < -0.4 is 9.88 Å². The summed E-state index contributed by atoms with van der Waals surface area (Å²) in [7, 11) is -3.97. The van der Waals surface area contributed by atoms with E-state index in [-0.39, 0.29) is 24.3 Å². The number of nitrogens with one attached hydrogen (secondary N) is 1. The smallest absolute Gasteiger partial charge is 0.264 e. The monoisotopic (exact) mass is 396 g/mol. The van der Waals surface area contributed by atoms with Gasteiger partial charge < -0.3 is 9.87 Å². The Morgan fingerprint density at radius 2 is 1.44 bits per heavy atom. The number of pyridine rings is 1. The number of aromatic nitrogens is 1. The molecule has 1 aromatic heterocycles. The van der Waals surface area contributed by atoms with E-state index in [4.69, 9.17) is 4.55 Å². The maximum atomic E-state index is 9.75. The molecule has 0 saturated heterocycles. The van der Waals surface area contributed by atoms with Gasteiger partial charge in [-0.3, -0.25) is 4.55 Å². The summed E-state index contributed by atoms with van der Waals surface area (Å²) in [4.78, 5) is 0. The number of hydrogen-bond acceptors (Lipinski definition) is 6. The minimum absolute atomic E-state index is 0.159. The van der Waals surface area contributed by atoms with Crippen LogP contribution in [0.15, 0.2) is 37.2 Å². The zero-order valence-electron chi connectivity index (χ0n) is 14.7. The maximum Gasteiger partial charge on any atom is 0.264 e. The molecule has 0 aliphatic carbocycles. The predicted octanol–water partition coefficient (Wildman–Crippen LogP) is 0.764. The number of nitrogens with zero attached hydrogens (tertiary/aromatic N) is 1. The highest BCUT2D eigenvalue weighted by atomic mass is 32.2. The topological polar surface area (TPSA) is 127 Å². The zero-order valence-corrected chi connectivity index (χ0v) is 16.3. The second-order valence-corrected chi connectivity index (χ2v) is 7.36. The molecule has 1 rings (SSSR count). The van der Waals surface area contributed by atoms with E-state index in [0.717, 1.165) is 0 Å². The van der Waals surface area contributed by atoms with Crippen LogP contribution in [0.4, 0.5) is 0 Å². The largest absolute Gasteiger partial charge is 0.748 e. The second kappa shape index (κ2) is 17.5. The summed E-state index contributed by atoms with van der Waals surface area (Å²) >= 11 is 0. The molecule has 0 bridgehead atoms. The van der Waals surface area contributed by atoms with Crippen LogP contribution >= 0.6 is 0 Å². The molecule has 146 valence electrons. The molecule has 8 nitrogen and oxygen atoms in total. The summed E-state index contributed by atoms with van der Waals surface area (Å²) in [5.74, 6) is -0.597. The van der Waals surface area contributed by atoms with E-state index < -0.39 is 20.2 Å². The minimum atomic E-state index is -3.99. The van der Waals surface area contributed by atoms with E-state index in [1.807, 2.05) is 49.3 Å². The van der Waals surface area contributed by atoms with Crippen molar-refractivity contribution < 1.29 is 30.5 Å². The van der Waals surface area contributed by atoms with Gasteiger partial charge in [0, 0.05) is 17.9 Å². The highest BCUT2D eigenvalue weighted by Gasteiger charge is 1.98. The van der Waals surface area contributed by atoms with Crippen molar-refractivity contribution >= 4 is 26.4 Å². The van der Waals surface area contributed by atoms with E-state index in [1.54, 1.807) is 6.20 Å². The highest BCUT2D eigenvalue weighted by Crippen LogP contribution is 1.83. The first kappa shape index (κ1) is 28.5. The first-order valence-corrected chi connectivity index (χ1v) is 10.3. The summed E-state index contributed by atoms with van der Waals surface area (Å²) in [6.07, 6.45) is 6.00. The molecule has 0 atom stereocenters. The van der Waals surface area contributed by atoms with Gasteiger partial charge in [-0.2, -0.15) is 13.0 Å². The van der Waals surface area contributed by atoms with Crippen LogP contribution in [0.25, 0.3) is 6.20 Å². The van der Waals surface area contributed by atoms with Gasteiger partial charge in [-0.15, -0.1) is 0 Å². The van der Waals surface area contributed by atoms with Crippen LogP contribution in [0.5, 0.6) is 0 Å². The van der Waals surface area contributed by atoms with Crippen molar-refractivity contribution in [3.05, 3.63) is 51.0 Å². The fraction of sp³-hybridized carbons (Fsp3) is 0.400. The van der Waals surface area contributed by atoms with Crippen molar-refractivity contribution in [3.8, 4) is 0 Å². The van der Waals surface area contributed by atoms with Gasteiger partial charge in [0.15, 0.2) is 18.6 Å². The molecule has 0 fully saturated rings. The Hall–Kier alpha value is -1.33. The summed E-state index contributed by atoms with van der Waals surface area (Å²) in [5, 5.41) is 2.75. The third kappa shape index (κ3) is 34.9. The lowest BCUT2D eigenvalue weighted by Crippen LogP contribution is -2.22. The van der Waals surface area contributed by atoms with Crippen LogP contribution in [0.2, 0.25) is 0 Å². The van der Waals surface area contributed by atoms with E-state index in [0.29, 0.717) is 0 Å². The highest BCUT2D eigenvalue weighted by molar-refractivity contribution is 7.85. The van der Waals surface area contributed by atoms with E-state index >= 15 is 0 Å². The SMILES string of the molecule is C=C[n+]1ccccc1.CNC.[CH2]CCS(=O)(=O)O.[CH2]CCS(=O)(=O)[O-]. The van der Waals surface area contributed by atoms with Crippen LogP contribution in [0.1, 0.15) is 12.8 Å². The van der Waals surface area contributed by atoms with Gasteiger partial charge in [-0.05, 0) is 33.5 Å². The van der Waals surface area contributed by atoms with Crippen molar-refractivity contribution in [2.75, 3.05) is 25.6 Å². The Labute approximate surface area is 152 Å². The lowest BCUT2D eigenvalue weighted by molar-refractivity contribution is -0.567. The minimum Gasteiger partial charge on any atom is -0.748 e. The van der Waals surface area contributed by atoms with Crippen LogP contribution in [0.3, 0.4) is 0 Å². The van der Waals surface area contributed by atoms with E-state index in [2.05, 4.69) is 25.7 Å². The maximum absolute atomic E-state index is 9.75. The molecule has 0 saturated carbocycles. The van der Waals surface area contributed by atoms with Gasteiger partial charge in [-0.25, -0.2) is 8.42 Å². The molecule has 25 heavy (non-hydrogen) atoms. The molecule has 0 amide bonds. The Bertz CT molecular complexity index is 583.